The van der Waals surface area contributed by atoms with Gasteiger partial charge in [0.05, 0.1) is 19.3 Å². The maximum atomic E-state index is 12.2. The van der Waals surface area contributed by atoms with Gasteiger partial charge in [0.15, 0.2) is 0 Å². The molecule has 1 aromatic heterocycles. The lowest BCUT2D eigenvalue weighted by atomic mass is 10.1. The average molecular weight is 393 g/mol. The summed E-state index contributed by atoms with van der Waals surface area (Å²) in [6.07, 6.45) is 4.72. The summed E-state index contributed by atoms with van der Waals surface area (Å²) in [5.41, 5.74) is 4.32. The van der Waals surface area contributed by atoms with Crippen molar-refractivity contribution < 1.29 is 9.53 Å². The van der Waals surface area contributed by atoms with E-state index in [-0.39, 0.29) is 6.03 Å². The highest BCUT2D eigenvalue weighted by Crippen LogP contribution is 2.10. The van der Waals surface area contributed by atoms with Crippen molar-refractivity contribution in [2.24, 2.45) is 0 Å². The summed E-state index contributed by atoms with van der Waals surface area (Å²) >= 11 is 0. The first-order valence-corrected chi connectivity index (χ1v) is 9.96. The van der Waals surface area contributed by atoms with Gasteiger partial charge >= 0.3 is 6.03 Å². The fourth-order valence-corrected chi connectivity index (χ4v) is 2.97. The summed E-state index contributed by atoms with van der Waals surface area (Å²) in [6, 6.07) is 18.0. The highest BCUT2D eigenvalue weighted by molar-refractivity contribution is 5.73. The Hall–Kier alpha value is -3.12. The van der Waals surface area contributed by atoms with E-state index in [9.17, 15) is 4.79 Å². The molecule has 6 heteroatoms. The third-order valence-corrected chi connectivity index (χ3v) is 4.49. The Balaban J connectivity index is 1.44. The van der Waals surface area contributed by atoms with Crippen LogP contribution in [0.25, 0.3) is 0 Å². The number of hydrogen-bond donors (Lipinski definition) is 2. The molecule has 0 saturated carbocycles. The number of carbonyl (C=O) groups is 1. The Morgan fingerprint density at radius 1 is 0.966 bits per heavy atom. The SMILES string of the molecule is CCCOCc1ccccc1CNC(=O)NCc1cnn(Cc2ccccc2)c1. The predicted octanol–water partition coefficient (Wildman–Crippen LogP) is 3.86. The fourth-order valence-electron chi connectivity index (χ4n) is 2.97. The van der Waals surface area contributed by atoms with E-state index in [4.69, 9.17) is 4.74 Å². The van der Waals surface area contributed by atoms with E-state index in [0.717, 1.165) is 29.7 Å². The topological polar surface area (TPSA) is 68.2 Å². The van der Waals surface area contributed by atoms with E-state index >= 15 is 0 Å². The van der Waals surface area contributed by atoms with Crippen LogP contribution in [-0.4, -0.2) is 22.4 Å². The second-order valence-electron chi connectivity index (χ2n) is 6.89. The number of urea groups is 1. The zero-order chi connectivity index (χ0) is 20.3. The molecule has 152 valence electrons. The maximum absolute atomic E-state index is 12.2. The van der Waals surface area contributed by atoms with Crippen LogP contribution in [0.3, 0.4) is 0 Å². The first-order chi connectivity index (χ1) is 14.2. The van der Waals surface area contributed by atoms with Gasteiger partial charge in [0.1, 0.15) is 0 Å². The lowest BCUT2D eigenvalue weighted by Gasteiger charge is -2.11. The van der Waals surface area contributed by atoms with Crippen molar-refractivity contribution in [1.82, 2.24) is 20.4 Å². The molecule has 2 aromatic carbocycles. The Labute approximate surface area is 171 Å². The molecule has 0 atom stereocenters. The van der Waals surface area contributed by atoms with Gasteiger partial charge in [0.2, 0.25) is 0 Å². The molecule has 0 aliphatic heterocycles. The first-order valence-electron chi connectivity index (χ1n) is 9.96. The maximum Gasteiger partial charge on any atom is 0.315 e. The van der Waals surface area contributed by atoms with Crippen LogP contribution in [0.2, 0.25) is 0 Å². The molecule has 0 aliphatic carbocycles. The van der Waals surface area contributed by atoms with Crippen molar-refractivity contribution >= 4 is 6.03 Å². The minimum atomic E-state index is -0.204. The smallest absolute Gasteiger partial charge is 0.315 e. The lowest BCUT2D eigenvalue weighted by Crippen LogP contribution is -2.34. The number of nitrogens with zero attached hydrogens (tertiary/aromatic N) is 2. The van der Waals surface area contributed by atoms with Crippen LogP contribution in [0.4, 0.5) is 4.79 Å². The molecule has 3 aromatic rings. The van der Waals surface area contributed by atoms with Crippen molar-refractivity contribution in [3.8, 4) is 0 Å². The number of amides is 2. The van der Waals surface area contributed by atoms with E-state index in [1.165, 1.54) is 5.56 Å². The standard InChI is InChI=1S/C23H28N4O2/c1-2-12-29-18-22-11-7-6-10-21(22)15-25-23(28)24-13-20-14-26-27(17-20)16-19-8-4-3-5-9-19/h3-11,14,17H,2,12-13,15-16,18H2,1H3,(H2,24,25,28). The first kappa shape index (κ1) is 20.6. The molecule has 0 radical (unpaired) electrons. The number of hydrogen-bond acceptors (Lipinski definition) is 3. The molecular formula is C23H28N4O2. The summed E-state index contributed by atoms with van der Waals surface area (Å²) < 4.78 is 7.50. The van der Waals surface area contributed by atoms with E-state index in [2.05, 4.69) is 34.8 Å². The second-order valence-corrected chi connectivity index (χ2v) is 6.89. The summed E-state index contributed by atoms with van der Waals surface area (Å²) in [4.78, 5) is 12.2. The van der Waals surface area contributed by atoms with E-state index < -0.39 is 0 Å². The van der Waals surface area contributed by atoms with Gasteiger partial charge in [0.25, 0.3) is 0 Å². The molecule has 6 nitrogen and oxygen atoms in total. The zero-order valence-corrected chi connectivity index (χ0v) is 16.8. The zero-order valence-electron chi connectivity index (χ0n) is 16.8. The molecule has 0 bridgehead atoms. The summed E-state index contributed by atoms with van der Waals surface area (Å²) in [7, 11) is 0. The lowest BCUT2D eigenvalue weighted by molar-refractivity contribution is 0.121. The van der Waals surface area contributed by atoms with Crippen molar-refractivity contribution in [3.05, 3.63) is 89.2 Å². The Bertz CT molecular complexity index is 893. The number of ether oxygens (including phenoxy) is 1. The quantitative estimate of drug-likeness (QED) is 0.515. The highest BCUT2D eigenvalue weighted by atomic mass is 16.5. The van der Waals surface area contributed by atoms with Gasteiger partial charge < -0.3 is 15.4 Å². The summed E-state index contributed by atoms with van der Waals surface area (Å²) in [5.74, 6) is 0. The molecule has 0 fully saturated rings. The molecule has 2 N–H and O–H groups in total. The van der Waals surface area contributed by atoms with Crippen LogP contribution in [-0.2, 0) is 31.0 Å². The second kappa shape index (κ2) is 11.0. The van der Waals surface area contributed by atoms with Crippen LogP contribution < -0.4 is 10.6 Å². The van der Waals surface area contributed by atoms with Crippen LogP contribution in [0.1, 0.15) is 35.6 Å². The summed E-state index contributed by atoms with van der Waals surface area (Å²) in [6.45, 7) is 4.99. The van der Waals surface area contributed by atoms with Gasteiger partial charge in [-0.05, 0) is 23.1 Å². The van der Waals surface area contributed by atoms with Gasteiger partial charge in [-0.2, -0.15) is 5.10 Å². The summed E-state index contributed by atoms with van der Waals surface area (Å²) in [5, 5.41) is 10.2. The van der Waals surface area contributed by atoms with Crippen LogP contribution in [0.5, 0.6) is 0 Å². The monoisotopic (exact) mass is 392 g/mol. The molecular weight excluding hydrogens is 364 g/mol. The van der Waals surface area contributed by atoms with Gasteiger partial charge in [-0.25, -0.2) is 4.79 Å². The molecule has 0 unspecified atom stereocenters. The number of nitrogens with one attached hydrogen (secondary N) is 2. The number of carbonyl (C=O) groups excluding carboxylic acids is 1. The Morgan fingerprint density at radius 3 is 2.48 bits per heavy atom. The van der Waals surface area contributed by atoms with Gasteiger partial charge in [0, 0.05) is 31.5 Å². The van der Waals surface area contributed by atoms with Crippen molar-refractivity contribution in [2.75, 3.05) is 6.61 Å². The van der Waals surface area contributed by atoms with Crippen molar-refractivity contribution in [2.45, 2.75) is 39.6 Å². The molecule has 0 saturated heterocycles. The average Bonchev–Trinajstić information content (AvgIpc) is 3.20. The third-order valence-electron chi connectivity index (χ3n) is 4.49. The van der Waals surface area contributed by atoms with Gasteiger partial charge in [-0.15, -0.1) is 0 Å². The fraction of sp³-hybridized carbons (Fsp3) is 0.304. The minimum Gasteiger partial charge on any atom is -0.377 e. The van der Waals surface area contributed by atoms with Crippen molar-refractivity contribution in [3.63, 3.8) is 0 Å². The van der Waals surface area contributed by atoms with E-state index in [0.29, 0.717) is 26.2 Å². The molecule has 1 heterocycles. The van der Waals surface area contributed by atoms with Crippen LogP contribution in [0.15, 0.2) is 67.0 Å². The van der Waals surface area contributed by atoms with Gasteiger partial charge in [-0.3, -0.25) is 4.68 Å². The predicted molar refractivity (Wildman–Crippen MR) is 113 cm³/mol. The van der Waals surface area contributed by atoms with Crippen LogP contribution in [0, 0.1) is 0 Å². The largest absolute Gasteiger partial charge is 0.377 e. The highest BCUT2D eigenvalue weighted by Gasteiger charge is 2.06. The van der Waals surface area contributed by atoms with Crippen LogP contribution >= 0.6 is 0 Å². The third kappa shape index (κ3) is 6.76. The van der Waals surface area contributed by atoms with Crippen molar-refractivity contribution in [1.29, 1.82) is 0 Å². The Morgan fingerprint density at radius 2 is 1.69 bits per heavy atom. The normalized spacial score (nSPS) is 10.7. The molecule has 3 rings (SSSR count). The minimum absolute atomic E-state index is 0.204. The number of aromatic nitrogens is 2. The molecule has 29 heavy (non-hydrogen) atoms. The molecule has 2 amide bonds. The molecule has 0 aliphatic rings. The van der Waals surface area contributed by atoms with E-state index in [1.807, 2.05) is 53.3 Å². The van der Waals surface area contributed by atoms with E-state index in [1.54, 1.807) is 6.20 Å². The number of benzene rings is 2. The number of rotatable bonds is 10. The van der Waals surface area contributed by atoms with Gasteiger partial charge in [-0.1, -0.05) is 61.5 Å². The molecule has 0 spiro atoms. The Kier molecular flexibility index (Phi) is 7.83.